The molecule has 0 aliphatic carbocycles. The summed E-state index contributed by atoms with van der Waals surface area (Å²) in [4.78, 5) is 58.7. The summed E-state index contributed by atoms with van der Waals surface area (Å²) >= 11 is 0. The number of carboxylic acids is 2. The Morgan fingerprint density at radius 1 is 0.744 bits per heavy atom. The fourth-order valence-corrected chi connectivity index (χ4v) is 5.77. The normalized spacial score (nSPS) is 17.2. The Hall–Kier alpha value is -4.73. The topological polar surface area (TPSA) is 165 Å². The molecule has 0 aromatic carbocycles. The lowest BCUT2D eigenvalue weighted by molar-refractivity contribution is -0.138. The van der Waals surface area contributed by atoms with Crippen molar-refractivity contribution in [2.24, 2.45) is 4.99 Å². The van der Waals surface area contributed by atoms with Gasteiger partial charge in [-0.25, -0.2) is 4.99 Å². The molecule has 0 unspecified atom stereocenters. The van der Waals surface area contributed by atoms with Crippen LogP contribution in [0.1, 0.15) is 87.0 Å². The summed E-state index contributed by atoms with van der Waals surface area (Å²) < 4.78 is 0. The van der Waals surface area contributed by atoms with Gasteiger partial charge in [-0.3, -0.25) is 19.2 Å². The van der Waals surface area contributed by atoms with Gasteiger partial charge in [-0.15, -0.1) is 0 Å². The summed E-state index contributed by atoms with van der Waals surface area (Å²) in [6.07, 6.45) is 7.25. The Morgan fingerprint density at radius 2 is 1.37 bits per heavy atom. The molecule has 226 valence electrons. The Labute approximate surface area is 249 Å². The molecule has 0 saturated heterocycles. The van der Waals surface area contributed by atoms with Gasteiger partial charge in [-0.05, 0) is 105 Å². The number of carbonyl (C=O) groups is 4. The van der Waals surface area contributed by atoms with Crippen molar-refractivity contribution >= 4 is 47.7 Å². The smallest absolute Gasteiger partial charge is 0.303 e. The van der Waals surface area contributed by atoms with Gasteiger partial charge in [0.05, 0.1) is 5.71 Å². The van der Waals surface area contributed by atoms with Gasteiger partial charge < -0.3 is 25.5 Å². The number of nitrogens with one attached hydrogen (secondary N) is 3. The van der Waals surface area contributed by atoms with Crippen LogP contribution in [0.25, 0.3) is 18.2 Å². The number of aliphatic imine (C=N–C) groups is 1. The molecule has 2 amide bonds. The molecule has 10 nitrogen and oxygen atoms in total. The average molecular weight is 587 g/mol. The average Bonchev–Trinajstić information content (AvgIpc) is 3.59. The van der Waals surface area contributed by atoms with Crippen molar-refractivity contribution < 1.29 is 29.4 Å². The molecule has 43 heavy (non-hydrogen) atoms. The third-order valence-corrected chi connectivity index (χ3v) is 8.33. The van der Waals surface area contributed by atoms with Crippen molar-refractivity contribution in [2.45, 2.75) is 80.1 Å². The van der Waals surface area contributed by atoms with Crippen LogP contribution in [0.15, 0.2) is 33.0 Å². The van der Waals surface area contributed by atoms with Crippen molar-refractivity contribution in [3.8, 4) is 0 Å². The molecule has 0 saturated carbocycles. The number of carbonyl (C=O) groups excluding carboxylic acids is 2. The third-order valence-electron chi connectivity index (χ3n) is 8.33. The van der Waals surface area contributed by atoms with Crippen LogP contribution in [-0.2, 0) is 32.0 Å². The number of carboxylic acid groups (broad SMARTS) is 2. The summed E-state index contributed by atoms with van der Waals surface area (Å²) in [6, 6.07) is 0. The number of H-pyrrole nitrogens is 2. The number of allylic oxidation sites excluding steroid dienone is 2. The summed E-state index contributed by atoms with van der Waals surface area (Å²) in [5.41, 5.74) is 9.15. The number of rotatable bonds is 11. The minimum Gasteiger partial charge on any atom is -0.481 e. The van der Waals surface area contributed by atoms with Crippen LogP contribution in [0.3, 0.4) is 0 Å². The van der Waals surface area contributed by atoms with E-state index in [1.807, 2.05) is 52.8 Å². The molecule has 10 heteroatoms. The van der Waals surface area contributed by atoms with Crippen LogP contribution < -0.4 is 16.0 Å². The molecule has 2 aromatic heterocycles. The highest BCUT2D eigenvalue weighted by molar-refractivity contribution is 6.30. The molecule has 2 aromatic rings. The van der Waals surface area contributed by atoms with Crippen LogP contribution in [0, 0.1) is 13.8 Å². The van der Waals surface area contributed by atoms with Gasteiger partial charge in [0, 0.05) is 51.8 Å². The largest absolute Gasteiger partial charge is 0.481 e. The maximum absolute atomic E-state index is 12.3. The number of nitrogens with zero attached hydrogens (tertiary/aromatic N) is 1. The van der Waals surface area contributed by atoms with Gasteiger partial charge in [0.2, 0.25) is 0 Å². The van der Waals surface area contributed by atoms with E-state index < -0.39 is 11.9 Å². The first kappa shape index (κ1) is 31.2. The van der Waals surface area contributed by atoms with E-state index in [9.17, 15) is 29.4 Å². The maximum atomic E-state index is 12.3. The second-order valence-electron chi connectivity index (χ2n) is 10.9. The Morgan fingerprint density at radius 3 is 1.95 bits per heavy atom. The van der Waals surface area contributed by atoms with E-state index in [0.29, 0.717) is 46.4 Å². The summed E-state index contributed by atoms with van der Waals surface area (Å²) in [5, 5.41) is 23.2. The standard InChI is InChI=1S/C33H38N4O6/c1-7-20-19(6)32(42)37-27(20)14-25-18(5)23(10-12-31(40)41)29(35-25)15-28-22(9-11-30(38)39)17(4)24(34-28)13-26-16(3)21(8-2)33(43)36-26/h13-15,34-35H,7-12H2,1-6H3,(H,37,42)(H,38,39)(H,40,41)/b24-13+,27-14-,28-15+. The first-order valence-corrected chi connectivity index (χ1v) is 14.5. The van der Waals surface area contributed by atoms with E-state index in [2.05, 4.69) is 20.3 Å². The second-order valence-corrected chi connectivity index (χ2v) is 10.9. The van der Waals surface area contributed by atoms with Crippen LogP contribution in [0.2, 0.25) is 0 Å². The highest BCUT2D eigenvalue weighted by atomic mass is 16.4. The Balaban J connectivity index is 1.91. The van der Waals surface area contributed by atoms with E-state index in [1.54, 1.807) is 6.92 Å². The van der Waals surface area contributed by atoms with Crippen LogP contribution in [0.4, 0.5) is 0 Å². The van der Waals surface area contributed by atoms with Crippen LogP contribution in [-0.4, -0.2) is 49.6 Å². The lowest BCUT2D eigenvalue weighted by Gasteiger charge is -2.04. The SMILES string of the molecule is CCC1=C(C)C(/C=c2/[nH]/c(=C/c3[nH]c(/C=C4\NC(=O)C(C)=C4CC)c(C)c3CCC(=O)O)c(CCC(=O)O)c2C)=NC1=O. The van der Waals surface area contributed by atoms with E-state index in [4.69, 9.17) is 0 Å². The summed E-state index contributed by atoms with van der Waals surface area (Å²) in [5.74, 6) is -2.22. The third kappa shape index (κ3) is 6.38. The molecular weight excluding hydrogens is 548 g/mol. The molecule has 4 heterocycles. The van der Waals surface area contributed by atoms with Crippen molar-refractivity contribution in [2.75, 3.05) is 0 Å². The highest BCUT2D eigenvalue weighted by Gasteiger charge is 2.24. The van der Waals surface area contributed by atoms with Crippen LogP contribution >= 0.6 is 0 Å². The lowest BCUT2D eigenvalue weighted by Crippen LogP contribution is -2.15. The number of hydrogen-bond acceptors (Lipinski definition) is 4. The molecule has 0 spiro atoms. The van der Waals surface area contributed by atoms with Gasteiger partial charge in [-0.1, -0.05) is 13.8 Å². The van der Waals surface area contributed by atoms with Gasteiger partial charge in [0.1, 0.15) is 0 Å². The van der Waals surface area contributed by atoms with Crippen LogP contribution in [0.5, 0.6) is 0 Å². The minimum absolute atomic E-state index is 0.0701. The van der Waals surface area contributed by atoms with E-state index in [0.717, 1.165) is 44.4 Å². The zero-order chi connectivity index (χ0) is 31.6. The number of aromatic amines is 2. The molecule has 0 bridgehead atoms. The molecule has 0 fully saturated rings. The fourth-order valence-electron chi connectivity index (χ4n) is 5.77. The van der Waals surface area contributed by atoms with E-state index in [-0.39, 0.29) is 37.5 Å². The summed E-state index contributed by atoms with van der Waals surface area (Å²) in [7, 11) is 0. The first-order valence-electron chi connectivity index (χ1n) is 14.5. The predicted molar refractivity (Wildman–Crippen MR) is 165 cm³/mol. The molecule has 0 radical (unpaired) electrons. The number of amides is 2. The van der Waals surface area contributed by atoms with E-state index in [1.165, 1.54) is 0 Å². The van der Waals surface area contributed by atoms with E-state index >= 15 is 0 Å². The molecule has 2 aliphatic rings. The monoisotopic (exact) mass is 586 g/mol. The predicted octanol–water partition coefficient (Wildman–Crippen LogP) is 3.51. The Kier molecular flexibility index (Phi) is 9.18. The van der Waals surface area contributed by atoms with Gasteiger partial charge >= 0.3 is 11.9 Å². The van der Waals surface area contributed by atoms with Crippen molar-refractivity contribution in [3.63, 3.8) is 0 Å². The first-order chi connectivity index (χ1) is 20.4. The quantitative estimate of drug-likeness (QED) is 0.270. The highest BCUT2D eigenvalue weighted by Crippen LogP contribution is 2.28. The number of aromatic nitrogens is 2. The summed E-state index contributed by atoms with van der Waals surface area (Å²) in [6.45, 7) is 11.4. The number of aliphatic carboxylic acids is 2. The fraction of sp³-hybridized carbons (Fsp3) is 0.364. The minimum atomic E-state index is -0.922. The Bertz CT molecular complexity index is 1790. The van der Waals surface area contributed by atoms with Gasteiger partial charge in [0.25, 0.3) is 11.8 Å². The number of hydrogen-bond donors (Lipinski definition) is 5. The second kappa shape index (κ2) is 12.6. The zero-order valence-corrected chi connectivity index (χ0v) is 25.4. The van der Waals surface area contributed by atoms with Gasteiger partial charge in [-0.2, -0.15) is 0 Å². The van der Waals surface area contributed by atoms with Crippen molar-refractivity contribution in [1.82, 2.24) is 15.3 Å². The van der Waals surface area contributed by atoms with Gasteiger partial charge in [0.15, 0.2) is 0 Å². The zero-order valence-electron chi connectivity index (χ0n) is 25.4. The molecule has 5 N–H and O–H groups in total. The van der Waals surface area contributed by atoms with Crippen molar-refractivity contribution in [3.05, 3.63) is 72.3 Å². The maximum Gasteiger partial charge on any atom is 0.303 e. The lowest BCUT2D eigenvalue weighted by atomic mass is 10.0. The molecule has 4 rings (SSSR count). The van der Waals surface area contributed by atoms with Crippen molar-refractivity contribution in [1.29, 1.82) is 0 Å². The molecule has 0 atom stereocenters. The molecular formula is C33H38N4O6. The molecule has 2 aliphatic heterocycles.